The van der Waals surface area contributed by atoms with Gasteiger partial charge in [-0.25, -0.2) is 0 Å². The van der Waals surface area contributed by atoms with E-state index in [4.69, 9.17) is 4.74 Å². The van der Waals surface area contributed by atoms with Gasteiger partial charge in [0.05, 0.1) is 0 Å². The first-order chi connectivity index (χ1) is 10.8. The summed E-state index contributed by atoms with van der Waals surface area (Å²) in [6.45, 7) is 0.471. The molecule has 0 radical (unpaired) electrons. The summed E-state index contributed by atoms with van der Waals surface area (Å²) in [6.07, 6.45) is -1.03. The molecule has 2 aromatic carbocycles. The maximum Gasteiger partial charge on any atom is 0.151 e. The van der Waals surface area contributed by atoms with Crippen molar-refractivity contribution in [2.24, 2.45) is 0 Å². The van der Waals surface area contributed by atoms with Gasteiger partial charge in [-0.15, -0.1) is 11.3 Å². The minimum Gasteiger partial charge on any atom is -0.482 e. The van der Waals surface area contributed by atoms with E-state index in [1.54, 1.807) is 11.3 Å². The molecule has 0 aliphatic rings. The van der Waals surface area contributed by atoms with E-state index in [2.05, 4.69) is 22.8 Å². The van der Waals surface area contributed by atoms with Gasteiger partial charge >= 0.3 is 0 Å². The summed E-state index contributed by atoms with van der Waals surface area (Å²) in [5.41, 5.74) is 0.970. The number of ether oxygens (including phenoxy) is 1. The molecule has 0 spiro atoms. The van der Waals surface area contributed by atoms with Crippen LogP contribution in [0, 0.1) is 0 Å². The lowest BCUT2D eigenvalue weighted by Crippen LogP contribution is -2.32. The largest absolute Gasteiger partial charge is 0.482 e. The molecule has 0 amide bonds. The van der Waals surface area contributed by atoms with Crippen molar-refractivity contribution in [3.63, 3.8) is 0 Å². The summed E-state index contributed by atoms with van der Waals surface area (Å²) in [7, 11) is 1.82. The van der Waals surface area contributed by atoms with Gasteiger partial charge in [-0.05, 0) is 36.2 Å². The number of nitrogens with one attached hydrogen (secondary N) is 1. The molecule has 1 heterocycles. The summed E-state index contributed by atoms with van der Waals surface area (Å²) in [4.78, 5) is 0. The standard InChI is InChI=1S/C18H19NO2S/c1-19-12-15(20)18(13-6-3-2-4-7-13)21-16-8-5-9-17-14(16)10-11-22-17/h2-11,15,18-20H,12H2,1H3/t15-,18-/m1/s1. The number of aliphatic hydroxyl groups excluding tert-OH is 1. The third-order valence-corrected chi connectivity index (χ3v) is 4.48. The molecule has 0 bridgehead atoms. The summed E-state index contributed by atoms with van der Waals surface area (Å²) < 4.78 is 7.39. The number of benzene rings is 2. The monoisotopic (exact) mass is 313 g/mol. The molecular formula is C18H19NO2S. The van der Waals surface area contributed by atoms with Gasteiger partial charge in [-0.3, -0.25) is 0 Å². The zero-order valence-electron chi connectivity index (χ0n) is 12.4. The van der Waals surface area contributed by atoms with Gasteiger partial charge in [-0.2, -0.15) is 0 Å². The smallest absolute Gasteiger partial charge is 0.151 e. The summed E-state index contributed by atoms with van der Waals surface area (Å²) in [6, 6.07) is 17.9. The maximum absolute atomic E-state index is 10.5. The van der Waals surface area contributed by atoms with Crippen molar-refractivity contribution in [1.29, 1.82) is 0 Å². The second-order valence-electron chi connectivity index (χ2n) is 5.16. The van der Waals surface area contributed by atoms with E-state index in [0.717, 1.165) is 16.7 Å². The third kappa shape index (κ3) is 3.14. The number of hydrogen-bond acceptors (Lipinski definition) is 4. The maximum atomic E-state index is 10.5. The fourth-order valence-corrected chi connectivity index (χ4v) is 3.34. The number of hydrogen-bond donors (Lipinski definition) is 2. The number of fused-ring (bicyclic) bond motifs is 1. The number of rotatable bonds is 6. The number of likely N-dealkylation sites (N-methyl/N-ethyl adjacent to an activating group) is 1. The minimum absolute atomic E-state index is 0.404. The SMILES string of the molecule is CNC[C@@H](O)[C@H](Oc1cccc2sccc12)c1ccccc1. The highest BCUT2D eigenvalue weighted by Crippen LogP contribution is 2.33. The van der Waals surface area contributed by atoms with Gasteiger partial charge < -0.3 is 15.2 Å². The molecule has 0 unspecified atom stereocenters. The van der Waals surface area contributed by atoms with Crippen LogP contribution in [0.25, 0.3) is 10.1 Å². The Bertz CT molecular complexity index is 726. The number of aliphatic hydroxyl groups is 1. The van der Waals surface area contributed by atoms with Crippen LogP contribution in [-0.4, -0.2) is 24.8 Å². The lowest BCUT2D eigenvalue weighted by molar-refractivity contribution is 0.0379. The fourth-order valence-electron chi connectivity index (χ4n) is 2.53. The van der Waals surface area contributed by atoms with Crippen molar-refractivity contribution >= 4 is 21.4 Å². The Kier molecular flexibility index (Phi) is 4.73. The predicted octanol–water partition coefficient (Wildman–Crippen LogP) is 3.60. The molecule has 2 atom stereocenters. The van der Waals surface area contributed by atoms with Crippen molar-refractivity contribution in [3.8, 4) is 5.75 Å². The highest BCUT2D eigenvalue weighted by atomic mass is 32.1. The quantitative estimate of drug-likeness (QED) is 0.730. The molecule has 1 aromatic heterocycles. The molecule has 0 saturated carbocycles. The van der Waals surface area contributed by atoms with Crippen LogP contribution in [-0.2, 0) is 0 Å². The predicted molar refractivity (Wildman–Crippen MR) is 91.6 cm³/mol. The lowest BCUT2D eigenvalue weighted by Gasteiger charge is -2.25. The Morgan fingerprint density at radius 3 is 2.68 bits per heavy atom. The van der Waals surface area contributed by atoms with E-state index >= 15 is 0 Å². The van der Waals surface area contributed by atoms with Gasteiger partial charge in [0, 0.05) is 16.6 Å². The minimum atomic E-state index is -0.624. The van der Waals surface area contributed by atoms with Crippen molar-refractivity contribution in [2.75, 3.05) is 13.6 Å². The van der Waals surface area contributed by atoms with Crippen molar-refractivity contribution in [1.82, 2.24) is 5.32 Å². The zero-order valence-corrected chi connectivity index (χ0v) is 13.2. The molecule has 0 aliphatic carbocycles. The highest BCUT2D eigenvalue weighted by molar-refractivity contribution is 7.17. The van der Waals surface area contributed by atoms with Crippen LogP contribution < -0.4 is 10.1 Å². The van der Waals surface area contributed by atoms with Crippen LogP contribution in [0.5, 0.6) is 5.75 Å². The van der Waals surface area contributed by atoms with Crippen molar-refractivity contribution in [2.45, 2.75) is 12.2 Å². The lowest BCUT2D eigenvalue weighted by atomic mass is 10.0. The Morgan fingerprint density at radius 2 is 1.91 bits per heavy atom. The number of thiophene rings is 1. The average Bonchev–Trinajstić information content (AvgIpc) is 3.03. The summed E-state index contributed by atoms with van der Waals surface area (Å²) >= 11 is 1.69. The van der Waals surface area contributed by atoms with Crippen molar-refractivity contribution in [3.05, 3.63) is 65.5 Å². The fraction of sp³-hybridized carbons (Fsp3) is 0.222. The second kappa shape index (κ2) is 6.92. The Balaban J connectivity index is 1.94. The molecule has 22 heavy (non-hydrogen) atoms. The van der Waals surface area contributed by atoms with E-state index in [9.17, 15) is 5.11 Å². The van der Waals surface area contributed by atoms with Crippen LogP contribution in [0.3, 0.4) is 0 Å². The molecule has 114 valence electrons. The highest BCUT2D eigenvalue weighted by Gasteiger charge is 2.23. The molecule has 3 nitrogen and oxygen atoms in total. The molecule has 0 saturated heterocycles. The van der Waals surface area contributed by atoms with Crippen LogP contribution in [0.15, 0.2) is 60.0 Å². The Labute approximate surface area is 134 Å². The zero-order chi connectivity index (χ0) is 15.4. The second-order valence-corrected chi connectivity index (χ2v) is 6.11. The van der Waals surface area contributed by atoms with E-state index in [0.29, 0.717) is 6.54 Å². The Hall–Kier alpha value is -1.88. The van der Waals surface area contributed by atoms with Crippen LogP contribution in [0.1, 0.15) is 11.7 Å². The first kappa shape index (κ1) is 15.0. The van der Waals surface area contributed by atoms with Gasteiger partial charge in [-0.1, -0.05) is 36.4 Å². The van der Waals surface area contributed by atoms with E-state index in [1.807, 2.05) is 49.5 Å². The molecule has 2 N–H and O–H groups in total. The Morgan fingerprint density at radius 1 is 1.09 bits per heavy atom. The van der Waals surface area contributed by atoms with Gasteiger partial charge in [0.2, 0.25) is 0 Å². The van der Waals surface area contributed by atoms with Crippen LogP contribution in [0.4, 0.5) is 0 Å². The topological polar surface area (TPSA) is 41.5 Å². The molecule has 3 rings (SSSR count). The average molecular weight is 313 g/mol. The van der Waals surface area contributed by atoms with E-state index in [1.165, 1.54) is 4.70 Å². The summed E-state index contributed by atoms with van der Waals surface area (Å²) in [5.74, 6) is 0.808. The molecule has 3 aromatic rings. The first-order valence-electron chi connectivity index (χ1n) is 7.30. The third-order valence-electron chi connectivity index (χ3n) is 3.60. The summed E-state index contributed by atoms with van der Waals surface area (Å²) in [5, 5.41) is 16.6. The molecule has 0 fully saturated rings. The van der Waals surface area contributed by atoms with Gasteiger partial charge in [0.25, 0.3) is 0 Å². The molecule has 0 aliphatic heterocycles. The van der Waals surface area contributed by atoms with Crippen molar-refractivity contribution < 1.29 is 9.84 Å². The molecular weight excluding hydrogens is 294 g/mol. The first-order valence-corrected chi connectivity index (χ1v) is 8.18. The molecule has 4 heteroatoms. The van der Waals surface area contributed by atoms with Gasteiger partial charge in [0.1, 0.15) is 11.9 Å². The van der Waals surface area contributed by atoms with E-state index in [-0.39, 0.29) is 0 Å². The normalized spacial score (nSPS) is 13.9. The van der Waals surface area contributed by atoms with E-state index < -0.39 is 12.2 Å². The van der Waals surface area contributed by atoms with Crippen LogP contribution in [0.2, 0.25) is 0 Å². The van der Waals surface area contributed by atoms with Gasteiger partial charge in [0.15, 0.2) is 6.10 Å². The van der Waals surface area contributed by atoms with Crippen LogP contribution >= 0.6 is 11.3 Å².